The van der Waals surface area contributed by atoms with Crippen LogP contribution in [0.25, 0.3) is 0 Å². The number of nitrogens with one attached hydrogen (secondary N) is 1. The number of carbonyl (C=O) groups is 2. The van der Waals surface area contributed by atoms with E-state index in [-0.39, 0.29) is 22.2 Å². The van der Waals surface area contributed by atoms with Gasteiger partial charge < -0.3 is 10.2 Å². The average molecular weight is 486 g/mol. The van der Waals surface area contributed by atoms with Gasteiger partial charge in [0.1, 0.15) is 5.37 Å². The van der Waals surface area contributed by atoms with Gasteiger partial charge in [-0.15, -0.1) is 11.8 Å². The minimum Gasteiger partial charge on any atom is -0.378 e. The molecule has 32 heavy (non-hydrogen) atoms. The SMILES string of the molecule is CN(C)c1ccc(N2C(=O)CS[C@@H]2c2cccc(NC(=O)c3ccc(Cl)cc3Cl)c2)cc1. The molecule has 5 nitrogen and oxygen atoms in total. The van der Waals surface area contributed by atoms with E-state index in [1.54, 1.807) is 28.8 Å². The van der Waals surface area contributed by atoms with Crippen molar-refractivity contribution in [1.82, 2.24) is 0 Å². The first-order valence-electron chi connectivity index (χ1n) is 9.91. The van der Waals surface area contributed by atoms with E-state index >= 15 is 0 Å². The Labute approximate surface area is 201 Å². The maximum absolute atomic E-state index is 12.7. The molecule has 3 aromatic rings. The van der Waals surface area contributed by atoms with Crippen molar-refractivity contribution in [1.29, 1.82) is 0 Å². The van der Waals surface area contributed by atoms with Gasteiger partial charge in [-0.3, -0.25) is 14.5 Å². The Kier molecular flexibility index (Phi) is 6.65. The van der Waals surface area contributed by atoms with Crippen LogP contribution < -0.4 is 15.1 Å². The summed E-state index contributed by atoms with van der Waals surface area (Å²) in [5.41, 5.74) is 3.81. The first-order valence-corrected chi connectivity index (χ1v) is 11.7. The largest absolute Gasteiger partial charge is 0.378 e. The first kappa shape index (κ1) is 22.5. The van der Waals surface area contributed by atoms with Crippen LogP contribution in [0.15, 0.2) is 66.7 Å². The van der Waals surface area contributed by atoms with Crippen molar-refractivity contribution < 1.29 is 9.59 Å². The van der Waals surface area contributed by atoms with Gasteiger partial charge >= 0.3 is 0 Å². The number of thioether (sulfide) groups is 1. The van der Waals surface area contributed by atoms with Gasteiger partial charge in [0.05, 0.1) is 16.3 Å². The van der Waals surface area contributed by atoms with Gasteiger partial charge in [-0.05, 0) is 60.2 Å². The molecule has 8 heteroatoms. The van der Waals surface area contributed by atoms with Crippen LogP contribution in [-0.4, -0.2) is 31.7 Å². The summed E-state index contributed by atoms with van der Waals surface area (Å²) in [5, 5.41) is 3.46. The zero-order chi connectivity index (χ0) is 22.8. The van der Waals surface area contributed by atoms with Gasteiger partial charge in [-0.2, -0.15) is 0 Å². The number of hydrogen-bond acceptors (Lipinski definition) is 4. The van der Waals surface area contributed by atoms with E-state index < -0.39 is 0 Å². The van der Waals surface area contributed by atoms with Gasteiger partial charge in [0.25, 0.3) is 5.91 Å². The van der Waals surface area contributed by atoms with Crippen molar-refractivity contribution >= 4 is 63.8 Å². The molecule has 0 aromatic heterocycles. The second-order valence-electron chi connectivity index (χ2n) is 7.54. The highest BCUT2D eigenvalue weighted by Crippen LogP contribution is 2.42. The van der Waals surface area contributed by atoms with Gasteiger partial charge in [0.2, 0.25) is 5.91 Å². The summed E-state index contributed by atoms with van der Waals surface area (Å²) in [4.78, 5) is 29.2. The molecule has 0 unspecified atom stereocenters. The van der Waals surface area contributed by atoms with Gasteiger partial charge in [-0.1, -0.05) is 35.3 Å². The lowest BCUT2D eigenvalue weighted by atomic mass is 10.1. The molecular weight excluding hydrogens is 465 g/mol. The molecule has 0 aliphatic carbocycles. The smallest absolute Gasteiger partial charge is 0.257 e. The monoisotopic (exact) mass is 485 g/mol. The number of amides is 2. The van der Waals surface area contributed by atoms with Crippen molar-refractivity contribution in [3.8, 4) is 0 Å². The van der Waals surface area contributed by atoms with Crippen LogP contribution in [0.4, 0.5) is 17.1 Å². The summed E-state index contributed by atoms with van der Waals surface area (Å²) in [6.45, 7) is 0. The van der Waals surface area contributed by atoms with Crippen LogP contribution >= 0.6 is 35.0 Å². The standard InChI is InChI=1S/C24H21Cl2N3O2S/c1-28(2)18-7-9-19(10-8-18)29-22(30)14-32-24(29)15-4-3-5-17(12-15)27-23(31)20-11-6-16(25)13-21(20)26/h3-13,24H,14H2,1-2H3,(H,27,31)/t24-/m1/s1. The highest BCUT2D eigenvalue weighted by molar-refractivity contribution is 8.00. The minimum absolute atomic E-state index is 0.0555. The molecule has 0 radical (unpaired) electrons. The summed E-state index contributed by atoms with van der Waals surface area (Å²) in [6, 6.07) is 20.2. The van der Waals surface area contributed by atoms with Gasteiger partial charge in [0.15, 0.2) is 0 Å². The van der Waals surface area contributed by atoms with E-state index in [0.29, 0.717) is 22.0 Å². The predicted octanol–water partition coefficient (Wildman–Crippen LogP) is 6.09. The van der Waals surface area contributed by atoms with Gasteiger partial charge in [0, 0.05) is 36.2 Å². The van der Waals surface area contributed by atoms with Crippen LogP contribution in [0.5, 0.6) is 0 Å². The van der Waals surface area contributed by atoms with Crippen LogP contribution in [0.1, 0.15) is 21.3 Å². The van der Waals surface area contributed by atoms with E-state index in [1.807, 2.05) is 67.5 Å². The predicted molar refractivity (Wildman–Crippen MR) is 134 cm³/mol. The zero-order valence-corrected chi connectivity index (χ0v) is 19.8. The molecule has 1 heterocycles. The Balaban J connectivity index is 1.57. The third-order valence-corrected chi connectivity index (χ3v) is 6.88. The van der Waals surface area contributed by atoms with E-state index in [4.69, 9.17) is 23.2 Å². The minimum atomic E-state index is -0.324. The maximum Gasteiger partial charge on any atom is 0.257 e. The third kappa shape index (κ3) is 4.72. The average Bonchev–Trinajstić information content (AvgIpc) is 3.15. The number of benzene rings is 3. The van der Waals surface area contributed by atoms with E-state index in [9.17, 15) is 9.59 Å². The van der Waals surface area contributed by atoms with Crippen molar-refractivity contribution in [2.45, 2.75) is 5.37 Å². The Hall–Kier alpha value is -2.67. The second kappa shape index (κ2) is 9.45. The Bertz CT molecular complexity index is 1170. The van der Waals surface area contributed by atoms with E-state index in [2.05, 4.69) is 5.32 Å². The Morgan fingerprint density at radius 2 is 1.81 bits per heavy atom. The number of anilines is 3. The quantitative estimate of drug-likeness (QED) is 0.474. The fourth-order valence-electron chi connectivity index (χ4n) is 3.50. The first-order chi connectivity index (χ1) is 15.3. The molecule has 1 atom stereocenters. The summed E-state index contributed by atoms with van der Waals surface area (Å²) >= 11 is 13.6. The molecular formula is C24H21Cl2N3O2S. The molecule has 0 saturated carbocycles. The summed E-state index contributed by atoms with van der Waals surface area (Å²) in [7, 11) is 3.96. The lowest BCUT2D eigenvalue weighted by Crippen LogP contribution is -2.27. The van der Waals surface area contributed by atoms with Crippen molar-refractivity contribution in [3.05, 3.63) is 87.9 Å². The second-order valence-corrected chi connectivity index (χ2v) is 9.45. The zero-order valence-electron chi connectivity index (χ0n) is 17.5. The molecule has 0 bridgehead atoms. The van der Waals surface area contributed by atoms with Crippen LogP contribution in [0, 0.1) is 0 Å². The topological polar surface area (TPSA) is 52.6 Å². The fourth-order valence-corrected chi connectivity index (χ4v) is 5.16. The molecule has 1 aliphatic rings. The molecule has 4 rings (SSSR count). The lowest BCUT2D eigenvalue weighted by molar-refractivity contribution is -0.115. The Morgan fingerprint density at radius 3 is 2.50 bits per heavy atom. The summed E-state index contributed by atoms with van der Waals surface area (Å²) in [5.74, 6) is 0.131. The molecule has 1 saturated heterocycles. The van der Waals surface area contributed by atoms with Crippen LogP contribution in [0.2, 0.25) is 10.0 Å². The Morgan fingerprint density at radius 1 is 1.06 bits per heavy atom. The maximum atomic E-state index is 12.7. The van der Waals surface area contributed by atoms with Crippen molar-refractivity contribution in [3.63, 3.8) is 0 Å². The van der Waals surface area contributed by atoms with Crippen LogP contribution in [-0.2, 0) is 4.79 Å². The molecule has 1 fully saturated rings. The van der Waals surface area contributed by atoms with E-state index in [1.165, 1.54) is 6.07 Å². The normalized spacial score (nSPS) is 15.7. The number of nitrogens with zero attached hydrogens (tertiary/aromatic N) is 2. The van der Waals surface area contributed by atoms with E-state index in [0.717, 1.165) is 16.9 Å². The van der Waals surface area contributed by atoms with Crippen LogP contribution in [0.3, 0.4) is 0 Å². The molecule has 3 aromatic carbocycles. The molecule has 2 amide bonds. The summed E-state index contributed by atoms with van der Waals surface area (Å²) in [6.07, 6.45) is 0. The molecule has 1 aliphatic heterocycles. The number of halogens is 2. The number of hydrogen-bond donors (Lipinski definition) is 1. The van der Waals surface area contributed by atoms with Gasteiger partial charge in [-0.25, -0.2) is 0 Å². The molecule has 164 valence electrons. The highest BCUT2D eigenvalue weighted by Gasteiger charge is 2.34. The highest BCUT2D eigenvalue weighted by atomic mass is 35.5. The molecule has 0 spiro atoms. The third-order valence-electron chi connectivity index (χ3n) is 5.12. The number of rotatable bonds is 5. The number of carbonyl (C=O) groups excluding carboxylic acids is 2. The molecule has 1 N–H and O–H groups in total. The van der Waals surface area contributed by atoms with Crippen molar-refractivity contribution in [2.75, 3.05) is 35.0 Å². The van der Waals surface area contributed by atoms with Crippen molar-refractivity contribution in [2.24, 2.45) is 0 Å². The fraction of sp³-hybridized carbons (Fsp3) is 0.167. The lowest BCUT2D eigenvalue weighted by Gasteiger charge is -2.25. The summed E-state index contributed by atoms with van der Waals surface area (Å²) < 4.78 is 0.